The second-order valence-electron chi connectivity index (χ2n) is 4.10. The number of hydrogen-bond acceptors (Lipinski definition) is 6. The van der Waals surface area contributed by atoms with Gasteiger partial charge in [-0.25, -0.2) is 4.98 Å². The van der Waals surface area contributed by atoms with E-state index in [2.05, 4.69) is 26.6 Å². The molecule has 0 aliphatic carbocycles. The van der Waals surface area contributed by atoms with E-state index < -0.39 is 0 Å². The molecule has 3 heterocycles. The van der Waals surface area contributed by atoms with Gasteiger partial charge in [-0.3, -0.25) is 4.40 Å². The van der Waals surface area contributed by atoms with Crippen molar-refractivity contribution in [3.63, 3.8) is 0 Å². The predicted octanol–water partition coefficient (Wildman–Crippen LogP) is 2.71. The topological polar surface area (TPSA) is 51.5 Å². The summed E-state index contributed by atoms with van der Waals surface area (Å²) in [6, 6.07) is 0.217. The molecule has 1 unspecified atom stereocenters. The summed E-state index contributed by atoms with van der Waals surface area (Å²) in [5.41, 5.74) is 1.04. The maximum atomic E-state index is 5.33. The molecule has 100 valence electrons. The smallest absolute Gasteiger partial charge is 0.237 e. The molecule has 1 atom stereocenters. The van der Waals surface area contributed by atoms with E-state index in [9.17, 15) is 0 Å². The fourth-order valence-electron chi connectivity index (χ4n) is 1.92. The number of imidazole rings is 1. The zero-order valence-electron chi connectivity index (χ0n) is 10.7. The number of hydrogen-bond donors (Lipinski definition) is 1. The molecule has 3 aromatic heterocycles. The van der Waals surface area contributed by atoms with E-state index in [1.165, 1.54) is 0 Å². The van der Waals surface area contributed by atoms with Gasteiger partial charge in [0.05, 0.1) is 13.2 Å². The fourth-order valence-corrected chi connectivity index (χ4v) is 3.32. The Morgan fingerprint density at radius 2 is 2.32 bits per heavy atom. The molecule has 0 aromatic carbocycles. The van der Waals surface area contributed by atoms with Crippen LogP contribution in [0, 0.1) is 0 Å². The lowest BCUT2D eigenvalue weighted by Gasteiger charge is -2.11. The van der Waals surface area contributed by atoms with Crippen LogP contribution in [0.3, 0.4) is 0 Å². The van der Waals surface area contributed by atoms with Crippen LogP contribution in [0.1, 0.15) is 23.7 Å². The third-order valence-corrected chi connectivity index (χ3v) is 4.63. The van der Waals surface area contributed by atoms with E-state index >= 15 is 0 Å². The van der Waals surface area contributed by atoms with Gasteiger partial charge in [0.1, 0.15) is 10.7 Å². The maximum absolute atomic E-state index is 5.33. The maximum Gasteiger partial charge on any atom is 0.237 e. The first kappa shape index (κ1) is 12.6. The number of aromatic nitrogens is 3. The molecule has 0 fully saturated rings. The van der Waals surface area contributed by atoms with E-state index in [0.717, 1.165) is 15.7 Å². The SMILES string of the molecule is COc1nc2sccn2c1CNC(C)c1nccs1. The normalized spacial score (nSPS) is 12.9. The molecule has 0 spiro atoms. The number of nitrogens with one attached hydrogen (secondary N) is 1. The van der Waals surface area contributed by atoms with Gasteiger partial charge in [-0.05, 0) is 6.92 Å². The van der Waals surface area contributed by atoms with Crippen LogP contribution in [0.2, 0.25) is 0 Å². The van der Waals surface area contributed by atoms with Crippen molar-refractivity contribution in [2.75, 3.05) is 7.11 Å². The number of thiazole rings is 2. The minimum Gasteiger partial charge on any atom is -0.480 e. The molecule has 3 aromatic rings. The Hall–Kier alpha value is -1.44. The molecule has 0 amide bonds. The highest BCUT2D eigenvalue weighted by Gasteiger charge is 2.15. The molecular formula is C12H14N4OS2. The number of fused-ring (bicyclic) bond motifs is 1. The van der Waals surface area contributed by atoms with Gasteiger partial charge in [0.25, 0.3) is 0 Å². The molecule has 0 bridgehead atoms. The van der Waals surface area contributed by atoms with Crippen LogP contribution >= 0.6 is 22.7 Å². The third kappa shape index (κ3) is 2.36. The summed E-state index contributed by atoms with van der Waals surface area (Å²) in [7, 11) is 1.65. The largest absolute Gasteiger partial charge is 0.480 e. The first-order chi connectivity index (χ1) is 9.29. The highest BCUT2D eigenvalue weighted by Crippen LogP contribution is 2.24. The van der Waals surface area contributed by atoms with Gasteiger partial charge in [0.15, 0.2) is 4.96 Å². The molecule has 0 aliphatic heterocycles. The quantitative estimate of drug-likeness (QED) is 0.786. The minimum absolute atomic E-state index is 0.217. The molecular weight excluding hydrogens is 280 g/mol. The first-order valence-electron chi connectivity index (χ1n) is 5.90. The van der Waals surface area contributed by atoms with Gasteiger partial charge in [0.2, 0.25) is 5.88 Å². The monoisotopic (exact) mass is 294 g/mol. The Bertz CT molecular complexity index is 658. The molecule has 1 N–H and O–H groups in total. The second-order valence-corrected chi connectivity index (χ2v) is 5.90. The van der Waals surface area contributed by atoms with Crippen molar-refractivity contribution in [2.24, 2.45) is 0 Å². The predicted molar refractivity (Wildman–Crippen MR) is 77.0 cm³/mol. The first-order valence-corrected chi connectivity index (χ1v) is 7.66. The second kappa shape index (κ2) is 5.28. The fraction of sp³-hybridized carbons (Fsp3) is 0.333. The van der Waals surface area contributed by atoms with Gasteiger partial charge in [-0.1, -0.05) is 0 Å². The van der Waals surface area contributed by atoms with E-state index in [1.54, 1.807) is 29.8 Å². The number of rotatable bonds is 5. The highest BCUT2D eigenvalue weighted by molar-refractivity contribution is 7.15. The minimum atomic E-state index is 0.217. The molecule has 3 rings (SSSR count). The van der Waals surface area contributed by atoms with Crippen molar-refractivity contribution < 1.29 is 4.74 Å². The van der Waals surface area contributed by atoms with Crippen molar-refractivity contribution >= 4 is 27.6 Å². The zero-order chi connectivity index (χ0) is 13.2. The lowest BCUT2D eigenvalue weighted by Crippen LogP contribution is -2.19. The standard InChI is InChI=1S/C12H14N4OS2/c1-8(11-13-3-5-18-11)14-7-9-10(17-2)15-12-16(9)4-6-19-12/h3-6,8,14H,7H2,1-2H3. The lowest BCUT2D eigenvalue weighted by atomic mass is 10.3. The lowest BCUT2D eigenvalue weighted by molar-refractivity contribution is 0.391. The summed E-state index contributed by atoms with van der Waals surface area (Å²) in [5.74, 6) is 0.686. The van der Waals surface area contributed by atoms with Crippen molar-refractivity contribution in [3.8, 4) is 5.88 Å². The summed E-state index contributed by atoms with van der Waals surface area (Å²) >= 11 is 3.26. The molecule has 0 radical (unpaired) electrons. The van der Waals surface area contributed by atoms with E-state index in [-0.39, 0.29) is 6.04 Å². The van der Waals surface area contributed by atoms with Crippen LogP contribution < -0.4 is 10.1 Å². The van der Waals surface area contributed by atoms with Crippen molar-refractivity contribution in [3.05, 3.63) is 33.9 Å². The average Bonchev–Trinajstić information content (AvgIpc) is 3.12. The van der Waals surface area contributed by atoms with Gasteiger partial charge in [-0.15, -0.1) is 22.7 Å². The van der Waals surface area contributed by atoms with Gasteiger partial charge in [0, 0.05) is 29.7 Å². The summed E-state index contributed by atoms with van der Waals surface area (Å²) in [4.78, 5) is 9.71. The van der Waals surface area contributed by atoms with Crippen LogP contribution in [0.15, 0.2) is 23.2 Å². The van der Waals surface area contributed by atoms with E-state index in [0.29, 0.717) is 12.4 Å². The number of methoxy groups -OCH3 is 1. The summed E-state index contributed by atoms with van der Waals surface area (Å²) in [5, 5.41) is 8.56. The average molecular weight is 294 g/mol. The van der Waals surface area contributed by atoms with Crippen LogP contribution in [0.4, 0.5) is 0 Å². The van der Waals surface area contributed by atoms with Gasteiger partial charge >= 0.3 is 0 Å². The molecule has 0 saturated heterocycles. The number of nitrogens with zero attached hydrogens (tertiary/aromatic N) is 3. The molecule has 5 nitrogen and oxygen atoms in total. The van der Waals surface area contributed by atoms with E-state index in [4.69, 9.17) is 4.74 Å². The molecule has 7 heteroatoms. The van der Waals surface area contributed by atoms with Crippen LogP contribution in [-0.4, -0.2) is 21.5 Å². The Labute approximate surface area is 118 Å². The Morgan fingerprint density at radius 1 is 1.42 bits per heavy atom. The van der Waals surface area contributed by atoms with Crippen LogP contribution in [0.25, 0.3) is 4.96 Å². The van der Waals surface area contributed by atoms with Crippen molar-refractivity contribution in [2.45, 2.75) is 19.5 Å². The van der Waals surface area contributed by atoms with Crippen LogP contribution in [0.5, 0.6) is 5.88 Å². The third-order valence-electron chi connectivity index (χ3n) is 2.92. The van der Waals surface area contributed by atoms with Crippen LogP contribution in [-0.2, 0) is 6.54 Å². The van der Waals surface area contributed by atoms with Crippen molar-refractivity contribution in [1.29, 1.82) is 0 Å². The highest BCUT2D eigenvalue weighted by atomic mass is 32.1. The van der Waals surface area contributed by atoms with Gasteiger partial charge in [-0.2, -0.15) is 4.98 Å². The Morgan fingerprint density at radius 3 is 3.05 bits per heavy atom. The molecule has 19 heavy (non-hydrogen) atoms. The van der Waals surface area contributed by atoms with E-state index in [1.807, 2.05) is 23.2 Å². The zero-order valence-corrected chi connectivity index (χ0v) is 12.3. The Balaban J connectivity index is 1.79. The summed E-state index contributed by atoms with van der Waals surface area (Å²) < 4.78 is 7.39. The molecule has 0 aliphatic rings. The summed E-state index contributed by atoms with van der Waals surface area (Å²) in [6.45, 7) is 2.80. The molecule has 0 saturated carbocycles. The van der Waals surface area contributed by atoms with Crippen molar-refractivity contribution in [1.82, 2.24) is 19.7 Å². The van der Waals surface area contributed by atoms with Gasteiger partial charge < -0.3 is 10.1 Å². The Kier molecular flexibility index (Phi) is 3.50. The number of ether oxygens (including phenoxy) is 1. The summed E-state index contributed by atoms with van der Waals surface area (Å²) in [6.07, 6.45) is 3.84.